The third-order valence-electron chi connectivity index (χ3n) is 5.57. The van der Waals surface area contributed by atoms with Crippen LogP contribution < -0.4 is 14.8 Å². The van der Waals surface area contributed by atoms with E-state index in [-0.39, 0.29) is 6.04 Å². The summed E-state index contributed by atoms with van der Waals surface area (Å²) >= 11 is 0. The number of rotatable bonds is 7. The summed E-state index contributed by atoms with van der Waals surface area (Å²) in [6, 6.07) is 29.7. The molecule has 3 nitrogen and oxygen atoms in total. The molecule has 152 valence electrons. The van der Waals surface area contributed by atoms with E-state index in [9.17, 15) is 0 Å². The number of fused-ring (bicyclic) bond motifs is 1. The Balaban J connectivity index is 1.56. The minimum Gasteiger partial charge on any atom is -0.497 e. The molecule has 0 bridgehead atoms. The molecule has 4 aromatic rings. The molecule has 0 saturated heterocycles. The van der Waals surface area contributed by atoms with Crippen LogP contribution in [-0.4, -0.2) is 14.2 Å². The summed E-state index contributed by atoms with van der Waals surface area (Å²) in [5, 5.41) is 6.25. The van der Waals surface area contributed by atoms with Gasteiger partial charge in [-0.25, -0.2) is 0 Å². The van der Waals surface area contributed by atoms with Gasteiger partial charge in [-0.2, -0.15) is 0 Å². The molecule has 0 heterocycles. The van der Waals surface area contributed by atoms with Crippen LogP contribution in [0.25, 0.3) is 21.9 Å². The average Bonchev–Trinajstić information content (AvgIpc) is 2.82. The van der Waals surface area contributed by atoms with Crippen molar-refractivity contribution in [2.75, 3.05) is 14.2 Å². The van der Waals surface area contributed by atoms with Crippen molar-refractivity contribution >= 4 is 10.8 Å². The molecule has 4 aromatic carbocycles. The summed E-state index contributed by atoms with van der Waals surface area (Å²) in [5.41, 5.74) is 4.72. The van der Waals surface area contributed by atoms with Gasteiger partial charge in [-0.15, -0.1) is 0 Å². The van der Waals surface area contributed by atoms with Crippen molar-refractivity contribution in [3.8, 4) is 22.6 Å². The van der Waals surface area contributed by atoms with Crippen molar-refractivity contribution in [2.45, 2.75) is 19.5 Å². The van der Waals surface area contributed by atoms with Gasteiger partial charge in [0.25, 0.3) is 0 Å². The fraction of sp³-hybridized carbons (Fsp3) is 0.185. The lowest BCUT2D eigenvalue weighted by Crippen LogP contribution is -2.18. The Kier molecular flexibility index (Phi) is 6.01. The van der Waals surface area contributed by atoms with Crippen molar-refractivity contribution in [1.82, 2.24) is 5.32 Å². The van der Waals surface area contributed by atoms with Gasteiger partial charge < -0.3 is 14.8 Å². The second-order valence-electron chi connectivity index (χ2n) is 7.43. The highest BCUT2D eigenvalue weighted by Crippen LogP contribution is 2.32. The molecule has 0 amide bonds. The van der Waals surface area contributed by atoms with Crippen molar-refractivity contribution in [2.24, 2.45) is 0 Å². The minimum absolute atomic E-state index is 0.239. The number of ether oxygens (including phenoxy) is 2. The Bertz CT molecular complexity index is 1130. The monoisotopic (exact) mass is 397 g/mol. The first kappa shape index (κ1) is 20.0. The zero-order valence-corrected chi connectivity index (χ0v) is 17.7. The topological polar surface area (TPSA) is 30.5 Å². The Morgan fingerprint density at radius 3 is 2.33 bits per heavy atom. The molecule has 3 heteroatoms. The van der Waals surface area contributed by atoms with E-state index in [1.807, 2.05) is 18.2 Å². The van der Waals surface area contributed by atoms with Crippen LogP contribution in [0.4, 0.5) is 0 Å². The highest BCUT2D eigenvalue weighted by Gasteiger charge is 2.11. The van der Waals surface area contributed by atoms with E-state index >= 15 is 0 Å². The Labute approximate surface area is 178 Å². The first-order valence-electron chi connectivity index (χ1n) is 10.2. The molecule has 0 aliphatic heterocycles. The normalized spacial score (nSPS) is 12.0. The van der Waals surface area contributed by atoms with Gasteiger partial charge in [0.15, 0.2) is 0 Å². The summed E-state index contributed by atoms with van der Waals surface area (Å²) in [5.74, 6) is 1.71. The third kappa shape index (κ3) is 4.17. The number of nitrogens with one attached hydrogen (secondary N) is 1. The van der Waals surface area contributed by atoms with Crippen LogP contribution in [0, 0.1) is 0 Å². The molecule has 4 rings (SSSR count). The molecular formula is C27H27NO2. The summed E-state index contributed by atoms with van der Waals surface area (Å²) < 4.78 is 10.9. The lowest BCUT2D eigenvalue weighted by atomic mass is 9.99. The largest absolute Gasteiger partial charge is 0.497 e. The third-order valence-corrected chi connectivity index (χ3v) is 5.57. The molecule has 0 saturated carbocycles. The molecule has 0 aliphatic rings. The second-order valence-corrected chi connectivity index (χ2v) is 7.43. The van der Waals surface area contributed by atoms with E-state index in [1.165, 1.54) is 21.9 Å². The van der Waals surface area contributed by atoms with Gasteiger partial charge >= 0.3 is 0 Å². The second kappa shape index (κ2) is 9.02. The van der Waals surface area contributed by atoms with E-state index in [4.69, 9.17) is 9.47 Å². The van der Waals surface area contributed by atoms with Crippen LogP contribution in [0.5, 0.6) is 11.5 Å². The van der Waals surface area contributed by atoms with Crippen LogP contribution in [-0.2, 0) is 6.54 Å². The molecule has 0 aliphatic carbocycles. The number of hydrogen-bond donors (Lipinski definition) is 1. The number of benzene rings is 4. The van der Waals surface area contributed by atoms with Gasteiger partial charge in [0.1, 0.15) is 11.5 Å². The van der Waals surface area contributed by atoms with Crippen LogP contribution >= 0.6 is 0 Å². The lowest BCUT2D eigenvalue weighted by Gasteiger charge is -2.18. The van der Waals surface area contributed by atoms with Crippen molar-refractivity contribution in [3.63, 3.8) is 0 Å². The maximum absolute atomic E-state index is 5.60. The first-order chi connectivity index (χ1) is 14.7. The predicted molar refractivity (Wildman–Crippen MR) is 124 cm³/mol. The van der Waals surface area contributed by atoms with Crippen molar-refractivity contribution in [3.05, 3.63) is 96.1 Å². The standard InChI is InChI=1S/C27H27NO2/c1-19(24-10-6-8-21-7-4-5-9-25(21)24)28-18-20-11-16-27(30-3)26(17-20)22-12-14-23(29-2)15-13-22/h4-17,19,28H,18H2,1-3H3/t19-/m1/s1. The van der Waals surface area contributed by atoms with Crippen LogP contribution in [0.15, 0.2) is 84.9 Å². The zero-order chi connectivity index (χ0) is 20.9. The number of hydrogen-bond acceptors (Lipinski definition) is 3. The Morgan fingerprint density at radius 2 is 1.57 bits per heavy atom. The highest BCUT2D eigenvalue weighted by atomic mass is 16.5. The van der Waals surface area contributed by atoms with Crippen LogP contribution in [0.1, 0.15) is 24.1 Å². The van der Waals surface area contributed by atoms with Gasteiger partial charge in [-0.05, 0) is 58.7 Å². The molecule has 1 atom stereocenters. The maximum Gasteiger partial charge on any atom is 0.126 e. The van der Waals surface area contributed by atoms with Crippen molar-refractivity contribution < 1.29 is 9.47 Å². The maximum atomic E-state index is 5.60. The van der Waals surface area contributed by atoms with E-state index < -0.39 is 0 Å². The molecule has 0 unspecified atom stereocenters. The summed E-state index contributed by atoms with van der Waals surface area (Å²) in [4.78, 5) is 0. The van der Waals surface area contributed by atoms with Gasteiger partial charge in [-0.3, -0.25) is 0 Å². The van der Waals surface area contributed by atoms with E-state index in [0.717, 1.165) is 29.2 Å². The van der Waals surface area contributed by atoms with Crippen LogP contribution in [0.3, 0.4) is 0 Å². The fourth-order valence-corrected chi connectivity index (χ4v) is 3.87. The summed E-state index contributed by atoms with van der Waals surface area (Å²) in [6.45, 7) is 2.99. The quantitative estimate of drug-likeness (QED) is 0.393. The fourth-order valence-electron chi connectivity index (χ4n) is 3.87. The summed E-state index contributed by atoms with van der Waals surface area (Å²) in [6.07, 6.45) is 0. The van der Waals surface area contributed by atoms with Crippen LogP contribution in [0.2, 0.25) is 0 Å². The lowest BCUT2D eigenvalue weighted by molar-refractivity contribution is 0.414. The van der Waals surface area contributed by atoms with E-state index in [1.54, 1.807) is 14.2 Å². The molecule has 30 heavy (non-hydrogen) atoms. The van der Waals surface area contributed by atoms with Gasteiger partial charge in [0, 0.05) is 18.2 Å². The zero-order valence-electron chi connectivity index (χ0n) is 17.7. The summed E-state index contributed by atoms with van der Waals surface area (Å²) in [7, 11) is 3.39. The molecule has 1 N–H and O–H groups in total. The van der Waals surface area contributed by atoms with Crippen molar-refractivity contribution in [1.29, 1.82) is 0 Å². The first-order valence-corrected chi connectivity index (χ1v) is 10.2. The SMILES string of the molecule is COc1ccc(-c2cc(CN[C@H](C)c3cccc4ccccc34)ccc2OC)cc1. The number of methoxy groups -OCH3 is 2. The molecule has 0 radical (unpaired) electrons. The highest BCUT2D eigenvalue weighted by molar-refractivity contribution is 5.86. The molecule has 0 fully saturated rings. The minimum atomic E-state index is 0.239. The predicted octanol–water partition coefficient (Wildman–Crippen LogP) is 6.37. The molecular weight excluding hydrogens is 370 g/mol. The Morgan fingerprint density at radius 1 is 0.800 bits per heavy atom. The van der Waals surface area contributed by atoms with Gasteiger partial charge in [-0.1, -0.05) is 60.7 Å². The average molecular weight is 398 g/mol. The van der Waals surface area contributed by atoms with Gasteiger partial charge in [0.05, 0.1) is 14.2 Å². The Hall–Kier alpha value is -3.30. The van der Waals surface area contributed by atoms with E-state index in [0.29, 0.717) is 0 Å². The smallest absolute Gasteiger partial charge is 0.126 e. The van der Waals surface area contributed by atoms with Gasteiger partial charge in [0.2, 0.25) is 0 Å². The molecule has 0 aromatic heterocycles. The molecule has 0 spiro atoms. The van der Waals surface area contributed by atoms with E-state index in [2.05, 4.69) is 79.0 Å².